The van der Waals surface area contributed by atoms with Gasteiger partial charge in [0.05, 0.1) is 12.9 Å². The average Bonchev–Trinajstić information content (AvgIpc) is 2.94. The molecule has 1 heterocycles. The first-order chi connectivity index (χ1) is 10.2. The molecule has 6 nitrogen and oxygen atoms in total. The Balaban J connectivity index is 1.88. The number of benzene rings is 1. The normalized spacial score (nSPS) is 10.2. The summed E-state index contributed by atoms with van der Waals surface area (Å²) < 4.78 is 5.86. The van der Waals surface area contributed by atoms with Crippen LogP contribution in [0.2, 0.25) is 0 Å². The van der Waals surface area contributed by atoms with Gasteiger partial charge in [-0.25, -0.2) is 0 Å². The van der Waals surface area contributed by atoms with Crippen molar-refractivity contribution in [2.45, 2.75) is 11.3 Å². The molecule has 21 heavy (non-hydrogen) atoms. The largest absolute Gasteiger partial charge is 0.497 e. The van der Waals surface area contributed by atoms with Crippen LogP contribution in [-0.4, -0.2) is 35.5 Å². The number of amides is 1. The van der Waals surface area contributed by atoms with Crippen molar-refractivity contribution in [2.24, 2.45) is 0 Å². The van der Waals surface area contributed by atoms with Gasteiger partial charge in [0.25, 0.3) is 0 Å². The first-order valence-electron chi connectivity index (χ1n) is 6.35. The number of nitrogens with one attached hydrogen (secondary N) is 2. The summed E-state index contributed by atoms with van der Waals surface area (Å²) in [6.07, 6.45) is 0. The molecule has 0 aliphatic heterocycles. The second-order valence-electron chi connectivity index (χ2n) is 3.97. The van der Waals surface area contributed by atoms with E-state index >= 15 is 0 Å². The Hall–Kier alpha value is -1.80. The number of rotatable bonds is 7. The number of carbonyl (C=O) groups excluding carboxylic acids is 1. The van der Waals surface area contributed by atoms with Crippen LogP contribution < -0.4 is 15.4 Å². The van der Waals surface area contributed by atoms with Crippen LogP contribution in [0.5, 0.6) is 5.75 Å². The summed E-state index contributed by atoms with van der Waals surface area (Å²) in [7, 11) is 1.63. The van der Waals surface area contributed by atoms with Crippen LogP contribution in [-0.2, 0) is 4.79 Å². The van der Waals surface area contributed by atoms with Crippen molar-refractivity contribution < 1.29 is 9.53 Å². The van der Waals surface area contributed by atoms with Gasteiger partial charge in [0.1, 0.15) is 5.75 Å². The van der Waals surface area contributed by atoms with Gasteiger partial charge in [-0.1, -0.05) is 23.1 Å². The molecule has 112 valence electrons. The highest BCUT2D eigenvalue weighted by Gasteiger charge is 2.07. The maximum absolute atomic E-state index is 11.4. The lowest BCUT2D eigenvalue weighted by molar-refractivity contribution is -0.118. The average molecular weight is 324 g/mol. The summed E-state index contributed by atoms with van der Waals surface area (Å²) in [5, 5.41) is 14.7. The molecular formula is C13H16N4O2S2. The fourth-order valence-corrected chi connectivity index (χ4v) is 3.09. The van der Waals surface area contributed by atoms with E-state index in [4.69, 9.17) is 4.74 Å². The van der Waals surface area contributed by atoms with Crippen molar-refractivity contribution >= 4 is 39.8 Å². The highest BCUT2D eigenvalue weighted by atomic mass is 32.2. The molecule has 2 N–H and O–H groups in total. The van der Waals surface area contributed by atoms with Gasteiger partial charge in [0, 0.05) is 12.2 Å². The van der Waals surface area contributed by atoms with Gasteiger partial charge in [-0.15, -0.1) is 10.2 Å². The van der Waals surface area contributed by atoms with Crippen molar-refractivity contribution in [3.05, 3.63) is 24.3 Å². The maximum Gasteiger partial charge on any atom is 0.230 e. The Morgan fingerprint density at radius 1 is 1.33 bits per heavy atom. The number of thioether (sulfide) groups is 1. The number of nitrogens with zero attached hydrogens (tertiary/aromatic N) is 2. The second kappa shape index (κ2) is 7.84. The lowest BCUT2D eigenvalue weighted by atomic mass is 10.3. The van der Waals surface area contributed by atoms with Crippen molar-refractivity contribution in [2.75, 3.05) is 24.7 Å². The minimum Gasteiger partial charge on any atom is -0.497 e. The van der Waals surface area contributed by atoms with E-state index < -0.39 is 0 Å². The van der Waals surface area contributed by atoms with Crippen molar-refractivity contribution in [1.82, 2.24) is 15.5 Å². The van der Waals surface area contributed by atoms with Crippen LogP contribution in [0.1, 0.15) is 6.92 Å². The van der Waals surface area contributed by atoms with Crippen molar-refractivity contribution in [3.8, 4) is 5.75 Å². The van der Waals surface area contributed by atoms with Crippen LogP contribution in [0.15, 0.2) is 28.6 Å². The maximum atomic E-state index is 11.4. The highest BCUT2D eigenvalue weighted by Crippen LogP contribution is 2.28. The molecule has 0 atom stereocenters. The van der Waals surface area contributed by atoms with Crippen LogP contribution in [0, 0.1) is 0 Å². The number of ether oxygens (including phenoxy) is 1. The minimum atomic E-state index is 0.00219. The Bertz CT molecular complexity index is 586. The summed E-state index contributed by atoms with van der Waals surface area (Å²) in [5.74, 6) is 1.16. The van der Waals surface area contributed by atoms with Gasteiger partial charge < -0.3 is 15.4 Å². The second-order valence-corrected chi connectivity index (χ2v) is 6.17. The molecule has 0 saturated heterocycles. The molecule has 0 aliphatic rings. The van der Waals surface area contributed by atoms with Crippen molar-refractivity contribution in [3.63, 3.8) is 0 Å². The predicted octanol–water partition coefficient (Wildman–Crippen LogP) is 2.52. The van der Waals surface area contributed by atoms with E-state index in [1.54, 1.807) is 7.11 Å². The third-order valence-corrected chi connectivity index (χ3v) is 4.42. The Morgan fingerprint density at radius 2 is 2.10 bits per heavy atom. The van der Waals surface area contributed by atoms with Crippen molar-refractivity contribution in [1.29, 1.82) is 0 Å². The lowest BCUT2D eigenvalue weighted by Crippen LogP contribution is -2.24. The standard InChI is InChI=1S/C13H16N4O2S2/c1-3-14-11(18)8-20-13-17-16-12(21-13)15-9-4-6-10(19-2)7-5-9/h4-7H,3,8H2,1-2H3,(H,14,18)(H,15,16). The fraction of sp³-hybridized carbons (Fsp3) is 0.308. The van der Waals surface area contributed by atoms with E-state index in [2.05, 4.69) is 20.8 Å². The number of hydrogen-bond acceptors (Lipinski definition) is 7. The van der Waals surface area contributed by atoms with Gasteiger partial charge in [-0.2, -0.15) is 0 Å². The molecular weight excluding hydrogens is 308 g/mol. The van der Waals surface area contributed by atoms with E-state index in [9.17, 15) is 4.79 Å². The summed E-state index contributed by atoms with van der Waals surface area (Å²) in [6, 6.07) is 7.55. The molecule has 2 rings (SSSR count). The van der Waals surface area contributed by atoms with Gasteiger partial charge in [0.15, 0.2) is 4.34 Å². The zero-order valence-corrected chi connectivity index (χ0v) is 13.4. The Morgan fingerprint density at radius 3 is 2.76 bits per heavy atom. The minimum absolute atomic E-state index is 0.00219. The molecule has 2 aromatic rings. The van der Waals surface area contributed by atoms with E-state index in [1.807, 2.05) is 31.2 Å². The molecule has 1 amide bonds. The molecule has 0 radical (unpaired) electrons. The zero-order valence-electron chi connectivity index (χ0n) is 11.8. The van der Waals surface area contributed by atoms with E-state index in [1.165, 1.54) is 23.1 Å². The first kappa shape index (κ1) is 15.6. The third kappa shape index (κ3) is 4.91. The Kier molecular flexibility index (Phi) is 5.82. The number of anilines is 2. The summed E-state index contributed by atoms with van der Waals surface area (Å²) >= 11 is 2.79. The SMILES string of the molecule is CCNC(=O)CSc1nnc(Nc2ccc(OC)cc2)s1. The summed E-state index contributed by atoms with van der Waals surface area (Å²) in [5.41, 5.74) is 0.909. The molecule has 0 bridgehead atoms. The lowest BCUT2D eigenvalue weighted by Gasteiger charge is -2.03. The molecule has 0 aliphatic carbocycles. The zero-order chi connectivity index (χ0) is 15.1. The molecule has 0 unspecified atom stereocenters. The first-order valence-corrected chi connectivity index (χ1v) is 8.15. The molecule has 0 spiro atoms. The van der Waals surface area contributed by atoms with Gasteiger partial charge >= 0.3 is 0 Å². The van der Waals surface area contributed by atoms with Crippen LogP contribution in [0.25, 0.3) is 0 Å². The van der Waals surface area contributed by atoms with Crippen LogP contribution in [0.3, 0.4) is 0 Å². The van der Waals surface area contributed by atoms with Crippen LogP contribution >= 0.6 is 23.1 Å². The monoisotopic (exact) mass is 324 g/mol. The van der Waals surface area contributed by atoms with Crippen LogP contribution in [0.4, 0.5) is 10.8 Å². The van der Waals surface area contributed by atoms with E-state index in [0.29, 0.717) is 17.4 Å². The summed E-state index contributed by atoms with van der Waals surface area (Å²) in [6.45, 7) is 2.53. The van der Waals surface area contributed by atoms with Gasteiger partial charge in [-0.3, -0.25) is 4.79 Å². The number of hydrogen-bond donors (Lipinski definition) is 2. The molecule has 0 fully saturated rings. The number of aromatic nitrogens is 2. The number of carbonyl (C=O) groups is 1. The third-order valence-electron chi connectivity index (χ3n) is 2.45. The molecule has 0 saturated carbocycles. The molecule has 8 heteroatoms. The van der Waals surface area contributed by atoms with Gasteiger partial charge in [-0.05, 0) is 31.2 Å². The predicted molar refractivity (Wildman–Crippen MR) is 85.6 cm³/mol. The fourth-order valence-electron chi connectivity index (χ4n) is 1.49. The summed E-state index contributed by atoms with van der Waals surface area (Å²) in [4.78, 5) is 11.4. The Labute approximate surface area is 131 Å². The molecule has 1 aromatic heterocycles. The quantitative estimate of drug-likeness (QED) is 0.762. The van der Waals surface area contributed by atoms with E-state index in [0.717, 1.165) is 15.8 Å². The topological polar surface area (TPSA) is 76.1 Å². The van der Waals surface area contributed by atoms with Gasteiger partial charge in [0.2, 0.25) is 11.0 Å². The number of methoxy groups -OCH3 is 1. The highest BCUT2D eigenvalue weighted by molar-refractivity contribution is 8.01. The smallest absolute Gasteiger partial charge is 0.230 e. The van der Waals surface area contributed by atoms with E-state index in [-0.39, 0.29) is 5.91 Å². The molecule has 1 aromatic carbocycles.